The van der Waals surface area contributed by atoms with Gasteiger partial charge in [-0.1, -0.05) is 42.5 Å². The summed E-state index contributed by atoms with van der Waals surface area (Å²) in [6.07, 6.45) is -0.00413. The van der Waals surface area contributed by atoms with Gasteiger partial charge in [0.25, 0.3) is 0 Å². The third-order valence-electron chi connectivity index (χ3n) is 4.11. The molecule has 2 aromatic rings. The molecule has 1 heterocycles. The number of rotatable bonds is 3. The number of nitrogens with zero attached hydrogens (tertiary/aromatic N) is 1. The Morgan fingerprint density at radius 1 is 1.10 bits per heavy atom. The highest BCUT2D eigenvalue weighted by atomic mass is 16.5. The third-order valence-corrected chi connectivity index (χ3v) is 4.11. The van der Waals surface area contributed by atoms with Crippen molar-refractivity contribution in [3.8, 4) is 0 Å². The van der Waals surface area contributed by atoms with Crippen molar-refractivity contribution in [1.29, 1.82) is 0 Å². The molecular formula is C18H23NO2. The summed E-state index contributed by atoms with van der Waals surface area (Å²) in [6.45, 7) is 6.60. The molecule has 112 valence electrons. The number of hydrogen-bond donors (Lipinski definition) is 1. The molecule has 0 aliphatic carbocycles. The summed E-state index contributed by atoms with van der Waals surface area (Å²) >= 11 is 0. The van der Waals surface area contributed by atoms with Crippen LogP contribution >= 0.6 is 0 Å². The number of hydrogen-bond acceptors (Lipinski definition) is 3. The van der Waals surface area contributed by atoms with Crippen LogP contribution < -0.4 is 0 Å². The zero-order valence-electron chi connectivity index (χ0n) is 12.7. The summed E-state index contributed by atoms with van der Waals surface area (Å²) in [4.78, 5) is 2.30. The van der Waals surface area contributed by atoms with Crippen LogP contribution in [-0.2, 0) is 4.74 Å². The van der Waals surface area contributed by atoms with Crippen LogP contribution in [0.5, 0.6) is 0 Å². The van der Waals surface area contributed by atoms with Gasteiger partial charge in [-0.05, 0) is 30.2 Å². The van der Waals surface area contributed by atoms with E-state index >= 15 is 0 Å². The average molecular weight is 285 g/mol. The lowest BCUT2D eigenvalue weighted by atomic mass is 10.00. The van der Waals surface area contributed by atoms with E-state index in [1.165, 1.54) is 5.39 Å². The van der Waals surface area contributed by atoms with Crippen molar-refractivity contribution >= 4 is 10.8 Å². The Balaban J connectivity index is 1.79. The molecule has 1 aliphatic heterocycles. The van der Waals surface area contributed by atoms with E-state index < -0.39 is 6.10 Å². The van der Waals surface area contributed by atoms with Crippen LogP contribution in [0.2, 0.25) is 0 Å². The highest BCUT2D eigenvalue weighted by Gasteiger charge is 2.24. The molecule has 21 heavy (non-hydrogen) atoms. The Kier molecular flexibility index (Phi) is 4.24. The van der Waals surface area contributed by atoms with Crippen LogP contribution in [0.3, 0.4) is 0 Å². The molecule has 0 spiro atoms. The molecule has 3 atom stereocenters. The largest absolute Gasteiger partial charge is 0.387 e. The molecule has 1 unspecified atom stereocenters. The molecule has 1 aliphatic rings. The van der Waals surface area contributed by atoms with E-state index in [1.807, 2.05) is 24.3 Å². The van der Waals surface area contributed by atoms with Gasteiger partial charge < -0.3 is 9.84 Å². The minimum absolute atomic E-state index is 0.230. The van der Waals surface area contributed by atoms with Gasteiger partial charge >= 0.3 is 0 Å². The summed E-state index contributed by atoms with van der Waals surface area (Å²) in [7, 11) is 0. The van der Waals surface area contributed by atoms with E-state index in [1.54, 1.807) is 0 Å². The summed E-state index contributed by atoms with van der Waals surface area (Å²) in [5, 5.41) is 13.0. The molecule has 2 aromatic carbocycles. The Morgan fingerprint density at radius 3 is 2.52 bits per heavy atom. The van der Waals surface area contributed by atoms with E-state index in [9.17, 15) is 5.11 Å². The normalized spacial score (nSPS) is 25.1. The molecule has 0 bridgehead atoms. The second-order valence-corrected chi connectivity index (χ2v) is 6.06. The summed E-state index contributed by atoms with van der Waals surface area (Å²) in [5.41, 5.74) is 1.01. The molecule has 0 saturated carbocycles. The standard InChI is InChI=1S/C18H23NO2/c1-13-10-19(11-14(2)21-13)12-18(20)17-9-5-7-15-6-3-4-8-16(15)17/h3-9,13-14,18,20H,10-12H2,1-2H3/t13-,14+,18?. The van der Waals surface area contributed by atoms with Crippen LogP contribution in [0.25, 0.3) is 10.8 Å². The van der Waals surface area contributed by atoms with Crippen LogP contribution in [0.4, 0.5) is 0 Å². The summed E-state index contributed by atoms with van der Waals surface area (Å²) in [5.74, 6) is 0. The molecule has 0 aromatic heterocycles. The lowest BCUT2D eigenvalue weighted by molar-refractivity contribution is -0.0766. The average Bonchev–Trinajstić information content (AvgIpc) is 2.45. The van der Waals surface area contributed by atoms with E-state index in [-0.39, 0.29) is 12.2 Å². The molecule has 0 radical (unpaired) electrons. The highest BCUT2D eigenvalue weighted by Crippen LogP contribution is 2.25. The van der Waals surface area contributed by atoms with Crippen molar-refractivity contribution in [3.05, 3.63) is 48.0 Å². The maximum atomic E-state index is 10.7. The van der Waals surface area contributed by atoms with Gasteiger partial charge in [0, 0.05) is 19.6 Å². The Morgan fingerprint density at radius 2 is 1.76 bits per heavy atom. The first-order chi connectivity index (χ1) is 10.1. The maximum absolute atomic E-state index is 10.7. The molecule has 3 heteroatoms. The molecule has 3 nitrogen and oxygen atoms in total. The molecule has 1 N–H and O–H groups in total. The fourth-order valence-electron chi connectivity index (χ4n) is 3.32. The van der Waals surface area contributed by atoms with E-state index in [4.69, 9.17) is 4.74 Å². The number of ether oxygens (including phenoxy) is 1. The van der Waals surface area contributed by atoms with Gasteiger partial charge in [-0.2, -0.15) is 0 Å². The molecular weight excluding hydrogens is 262 g/mol. The van der Waals surface area contributed by atoms with Crippen molar-refractivity contribution in [2.45, 2.75) is 32.2 Å². The lowest BCUT2D eigenvalue weighted by Crippen LogP contribution is -2.46. The zero-order chi connectivity index (χ0) is 14.8. The Hall–Kier alpha value is -1.42. The van der Waals surface area contributed by atoms with Crippen molar-refractivity contribution in [2.75, 3.05) is 19.6 Å². The number of aliphatic hydroxyl groups is 1. The number of β-amino-alcohol motifs (C(OH)–C–C–N with tert-alkyl or cyclic N) is 1. The number of fused-ring (bicyclic) bond motifs is 1. The van der Waals surface area contributed by atoms with Gasteiger partial charge in [-0.25, -0.2) is 0 Å². The van der Waals surface area contributed by atoms with Crippen molar-refractivity contribution in [2.24, 2.45) is 0 Å². The van der Waals surface area contributed by atoms with Crippen molar-refractivity contribution in [1.82, 2.24) is 4.90 Å². The van der Waals surface area contributed by atoms with Gasteiger partial charge in [0.1, 0.15) is 0 Å². The van der Waals surface area contributed by atoms with Crippen LogP contribution in [-0.4, -0.2) is 41.8 Å². The van der Waals surface area contributed by atoms with Crippen LogP contribution in [0.15, 0.2) is 42.5 Å². The smallest absolute Gasteiger partial charge is 0.0922 e. The first kappa shape index (κ1) is 14.5. The van der Waals surface area contributed by atoms with Gasteiger partial charge in [0.05, 0.1) is 18.3 Å². The van der Waals surface area contributed by atoms with Crippen LogP contribution in [0.1, 0.15) is 25.5 Å². The molecule has 1 saturated heterocycles. The van der Waals surface area contributed by atoms with Gasteiger partial charge in [0.2, 0.25) is 0 Å². The second kappa shape index (κ2) is 6.14. The zero-order valence-corrected chi connectivity index (χ0v) is 12.7. The van der Waals surface area contributed by atoms with E-state index in [2.05, 4.69) is 36.9 Å². The quantitative estimate of drug-likeness (QED) is 0.941. The molecule has 1 fully saturated rings. The monoisotopic (exact) mass is 285 g/mol. The van der Waals surface area contributed by atoms with Gasteiger partial charge in [-0.3, -0.25) is 4.90 Å². The summed E-state index contributed by atoms with van der Waals surface area (Å²) < 4.78 is 5.75. The molecule has 3 rings (SSSR count). The maximum Gasteiger partial charge on any atom is 0.0922 e. The van der Waals surface area contributed by atoms with E-state index in [0.717, 1.165) is 24.0 Å². The first-order valence-electron chi connectivity index (χ1n) is 7.67. The van der Waals surface area contributed by atoms with E-state index in [0.29, 0.717) is 6.54 Å². The van der Waals surface area contributed by atoms with Gasteiger partial charge in [-0.15, -0.1) is 0 Å². The van der Waals surface area contributed by atoms with Crippen LogP contribution in [0, 0.1) is 0 Å². The number of morpholine rings is 1. The summed E-state index contributed by atoms with van der Waals surface area (Å²) in [6, 6.07) is 14.4. The fourth-order valence-corrected chi connectivity index (χ4v) is 3.32. The van der Waals surface area contributed by atoms with Gasteiger partial charge in [0.15, 0.2) is 0 Å². The topological polar surface area (TPSA) is 32.7 Å². The number of benzene rings is 2. The second-order valence-electron chi connectivity index (χ2n) is 6.06. The third kappa shape index (κ3) is 3.26. The van der Waals surface area contributed by atoms with Crippen molar-refractivity contribution < 1.29 is 9.84 Å². The lowest BCUT2D eigenvalue weighted by Gasteiger charge is -2.36. The van der Waals surface area contributed by atoms with Crippen molar-refractivity contribution in [3.63, 3.8) is 0 Å². The SMILES string of the molecule is C[C@@H]1CN(CC(O)c2cccc3ccccc23)C[C@H](C)O1. The first-order valence-corrected chi connectivity index (χ1v) is 7.67. The highest BCUT2D eigenvalue weighted by molar-refractivity contribution is 5.85. The Labute approximate surface area is 126 Å². The Bertz CT molecular complexity index is 598. The number of aliphatic hydroxyl groups excluding tert-OH is 1. The molecule has 0 amide bonds. The predicted octanol–water partition coefficient (Wildman–Crippen LogP) is 2.98. The minimum Gasteiger partial charge on any atom is -0.387 e. The predicted molar refractivity (Wildman–Crippen MR) is 85.4 cm³/mol. The fraction of sp³-hybridized carbons (Fsp3) is 0.444. The minimum atomic E-state index is -0.464.